The van der Waals surface area contributed by atoms with Gasteiger partial charge in [0, 0.05) is 35.6 Å². The van der Waals surface area contributed by atoms with E-state index in [4.69, 9.17) is 10.7 Å². The number of hydrogen-bond donors (Lipinski definition) is 4. The molecule has 1 aromatic carbocycles. The first-order valence-electron chi connectivity index (χ1n) is 12.6. The Labute approximate surface area is 217 Å². The number of halogens is 1. The Morgan fingerprint density at radius 3 is 2.83 bits per heavy atom. The van der Waals surface area contributed by atoms with E-state index in [0.717, 1.165) is 58.9 Å². The van der Waals surface area contributed by atoms with Crippen LogP contribution in [0, 0.1) is 11.8 Å². The number of aromatic amines is 1. The Morgan fingerprint density at radius 1 is 1.17 bits per heavy atom. The highest BCUT2D eigenvalue weighted by Gasteiger charge is 2.44. The van der Waals surface area contributed by atoms with E-state index in [9.17, 15) is 10.2 Å². The second-order valence-corrected chi connectivity index (χ2v) is 11.5. The van der Waals surface area contributed by atoms with Crippen LogP contribution in [0.1, 0.15) is 37.5 Å². The first kappa shape index (κ1) is 23.8. The highest BCUT2D eigenvalue weighted by atomic mass is 79.9. The second-order valence-electron chi connectivity index (χ2n) is 10.6. The van der Waals surface area contributed by atoms with E-state index in [1.807, 2.05) is 29.0 Å². The summed E-state index contributed by atoms with van der Waals surface area (Å²) in [7, 11) is 2.14. The average Bonchev–Trinajstić information content (AvgIpc) is 3.50. The van der Waals surface area contributed by atoms with Crippen LogP contribution >= 0.6 is 15.9 Å². The number of nitrogens with one attached hydrogen (secondary N) is 1. The highest BCUT2D eigenvalue weighted by molar-refractivity contribution is 9.10. The lowest BCUT2D eigenvalue weighted by atomic mass is 9.76. The van der Waals surface area contributed by atoms with Crippen molar-refractivity contribution in [3.8, 4) is 0 Å². The van der Waals surface area contributed by atoms with Crippen LogP contribution in [0.25, 0.3) is 22.1 Å². The van der Waals surface area contributed by atoms with Crippen LogP contribution in [0.5, 0.6) is 0 Å². The lowest BCUT2D eigenvalue weighted by molar-refractivity contribution is -0.00658. The van der Waals surface area contributed by atoms with Gasteiger partial charge in [0.05, 0.1) is 28.6 Å². The summed E-state index contributed by atoms with van der Waals surface area (Å²) in [5.74, 6) is 2.18. The molecule has 3 heterocycles. The lowest BCUT2D eigenvalue weighted by Crippen LogP contribution is -2.46. The number of aromatic nitrogens is 5. The van der Waals surface area contributed by atoms with Crippen molar-refractivity contribution in [1.29, 1.82) is 0 Å². The number of aliphatic hydroxyl groups is 2. The number of imidazole rings is 1. The molecule has 4 aromatic rings. The fourth-order valence-electron chi connectivity index (χ4n) is 6.12. The van der Waals surface area contributed by atoms with Gasteiger partial charge in [0.2, 0.25) is 0 Å². The zero-order valence-electron chi connectivity index (χ0n) is 20.3. The van der Waals surface area contributed by atoms with Crippen molar-refractivity contribution in [2.75, 3.05) is 19.3 Å². The van der Waals surface area contributed by atoms with Crippen LogP contribution in [-0.2, 0) is 6.42 Å². The summed E-state index contributed by atoms with van der Waals surface area (Å²) >= 11 is 3.51. The van der Waals surface area contributed by atoms with Gasteiger partial charge < -0.3 is 30.4 Å². The van der Waals surface area contributed by atoms with Crippen LogP contribution in [0.2, 0.25) is 0 Å². The van der Waals surface area contributed by atoms with Gasteiger partial charge in [0.15, 0.2) is 0 Å². The minimum atomic E-state index is -0.839. The number of nitrogen functional groups attached to an aromatic ring is 1. The standard InChI is InChI=1S/C26H32BrN7O2/c1-33(17-8-14(9-17)2-5-22-31-19-4-3-16(27)11-20(19)32-22)12-15-10-21(24(36)23(15)35)34-7-6-18-25(28)29-13-30-26(18)34/h3-4,6-7,11,13-15,17,21,23-24,35-36H,2,5,8-10,12H2,1H3,(H,31,32)(H2,28,29,30). The molecule has 36 heavy (non-hydrogen) atoms. The Balaban J connectivity index is 1.02. The Hall–Kier alpha value is -2.53. The van der Waals surface area contributed by atoms with Crippen LogP contribution in [0.3, 0.4) is 0 Å². The van der Waals surface area contributed by atoms with E-state index in [-0.39, 0.29) is 12.0 Å². The Morgan fingerprint density at radius 2 is 2.00 bits per heavy atom. The van der Waals surface area contributed by atoms with E-state index in [0.29, 0.717) is 29.8 Å². The normalized spacial score (nSPS) is 28.4. The number of aliphatic hydroxyl groups excluding tert-OH is 2. The quantitative estimate of drug-likeness (QED) is 0.276. The fourth-order valence-corrected chi connectivity index (χ4v) is 6.48. The van der Waals surface area contributed by atoms with Gasteiger partial charge in [0.1, 0.15) is 29.7 Å². The molecule has 0 amide bonds. The zero-order valence-corrected chi connectivity index (χ0v) is 21.8. The maximum absolute atomic E-state index is 10.9. The first-order valence-corrected chi connectivity index (χ1v) is 13.4. The molecule has 10 heteroatoms. The van der Waals surface area contributed by atoms with Gasteiger partial charge in [-0.05, 0) is 62.9 Å². The van der Waals surface area contributed by atoms with Gasteiger partial charge in [0.25, 0.3) is 0 Å². The molecule has 0 aliphatic heterocycles. The molecule has 3 aromatic heterocycles. The number of benzene rings is 1. The van der Waals surface area contributed by atoms with Crippen LogP contribution in [-0.4, -0.2) is 71.5 Å². The molecule has 0 saturated heterocycles. The molecule has 2 saturated carbocycles. The fraction of sp³-hybridized carbons (Fsp3) is 0.500. The SMILES string of the molecule is CN(CC1CC(n2ccc3c(N)ncnc32)C(O)C1O)C1CC(CCc2nc3ccc(Br)cc3[nH]2)C1. The molecule has 9 nitrogen and oxygen atoms in total. The molecule has 4 unspecified atom stereocenters. The van der Waals surface area contributed by atoms with Crippen molar-refractivity contribution in [2.24, 2.45) is 11.8 Å². The molecular weight excluding hydrogens is 522 g/mol. The lowest BCUT2D eigenvalue weighted by Gasteiger charge is -2.42. The van der Waals surface area contributed by atoms with Gasteiger partial charge in [-0.3, -0.25) is 0 Å². The van der Waals surface area contributed by atoms with Crippen molar-refractivity contribution in [3.63, 3.8) is 0 Å². The van der Waals surface area contributed by atoms with Gasteiger partial charge in [-0.1, -0.05) is 15.9 Å². The molecule has 2 fully saturated rings. The van der Waals surface area contributed by atoms with E-state index in [1.54, 1.807) is 0 Å². The van der Waals surface area contributed by atoms with Crippen molar-refractivity contribution in [2.45, 2.75) is 56.4 Å². The summed E-state index contributed by atoms with van der Waals surface area (Å²) in [6.07, 6.45) is 6.83. The summed E-state index contributed by atoms with van der Waals surface area (Å²) in [6, 6.07) is 8.29. The third-order valence-corrected chi connectivity index (χ3v) is 8.80. The van der Waals surface area contributed by atoms with E-state index in [2.05, 4.69) is 48.9 Å². The van der Waals surface area contributed by atoms with E-state index < -0.39 is 12.2 Å². The molecule has 6 rings (SSSR count). The van der Waals surface area contributed by atoms with Crippen molar-refractivity contribution in [3.05, 3.63) is 47.1 Å². The molecule has 0 radical (unpaired) electrons. The molecular formula is C26H32BrN7O2. The number of aryl methyl sites for hydroxylation is 1. The Kier molecular flexibility index (Phi) is 6.23. The number of fused-ring (bicyclic) bond motifs is 2. The predicted molar refractivity (Wildman–Crippen MR) is 142 cm³/mol. The number of nitrogens with two attached hydrogens (primary N) is 1. The smallest absolute Gasteiger partial charge is 0.145 e. The summed E-state index contributed by atoms with van der Waals surface area (Å²) in [4.78, 5) is 18.9. The number of H-pyrrole nitrogens is 1. The van der Waals surface area contributed by atoms with Crippen LogP contribution in [0.15, 0.2) is 41.3 Å². The molecule has 190 valence electrons. The number of hydrogen-bond acceptors (Lipinski definition) is 7. The predicted octanol–water partition coefficient (Wildman–Crippen LogP) is 3.28. The third kappa shape index (κ3) is 4.30. The maximum atomic E-state index is 10.9. The molecule has 4 atom stereocenters. The topological polar surface area (TPSA) is 129 Å². The summed E-state index contributed by atoms with van der Waals surface area (Å²) in [5, 5.41) is 22.5. The summed E-state index contributed by atoms with van der Waals surface area (Å²) in [5.41, 5.74) is 8.76. The van der Waals surface area contributed by atoms with E-state index in [1.165, 1.54) is 6.33 Å². The first-order chi connectivity index (χ1) is 17.4. The minimum Gasteiger partial charge on any atom is -0.390 e. The highest BCUT2D eigenvalue weighted by Crippen LogP contribution is 2.40. The molecule has 0 bridgehead atoms. The van der Waals surface area contributed by atoms with Crippen molar-refractivity contribution in [1.82, 2.24) is 29.4 Å². The molecule has 0 spiro atoms. The maximum Gasteiger partial charge on any atom is 0.145 e. The number of anilines is 1. The van der Waals surface area contributed by atoms with Gasteiger partial charge in [-0.25, -0.2) is 15.0 Å². The number of nitrogens with zero attached hydrogens (tertiary/aromatic N) is 5. The van der Waals surface area contributed by atoms with Crippen LogP contribution < -0.4 is 5.73 Å². The summed E-state index contributed by atoms with van der Waals surface area (Å²) < 4.78 is 3.00. The van der Waals surface area contributed by atoms with Gasteiger partial charge in [-0.2, -0.15) is 0 Å². The number of rotatable bonds is 7. The van der Waals surface area contributed by atoms with Gasteiger partial charge in [-0.15, -0.1) is 0 Å². The average molecular weight is 554 g/mol. The largest absolute Gasteiger partial charge is 0.390 e. The molecule has 5 N–H and O–H groups in total. The zero-order chi connectivity index (χ0) is 25.0. The monoisotopic (exact) mass is 553 g/mol. The summed E-state index contributed by atoms with van der Waals surface area (Å²) in [6.45, 7) is 0.765. The van der Waals surface area contributed by atoms with Crippen molar-refractivity contribution >= 4 is 43.8 Å². The minimum absolute atomic E-state index is 0.000515. The second kappa shape index (κ2) is 9.41. The van der Waals surface area contributed by atoms with Crippen molar-refractivity contribution < 1.29 is 10.2 Å². The van der Waals surface area contributed by atoms with Crippen LogP contribution in [0.4, 0.5) is 5.82 Å². The molecule has 2 aliphatic rings. The van der Waals surface area contributed by atoms with Gasteiger partial charge >= 0.3 is 0 Å². The third-order valence-electron chi connectivity index (χ3n) is 8.31. The molecule has 2 aliphatic carbocycles. The van der Waals surface area contributed by atoms with E-state index >= 15 is 0 Å². The Bertz CT molecular complexity index is 1380.